The standard InChI is InChI=1S/C24H26Cl2N4O2/c1-15(2)22-27-16(3)19(13-17-6-7-18(25)14-20(17)26)23(28-22)29-8-10-30(11-9-29)24(31)21-5-4-12-32-21/h4-7,12,14-15H,8-11,13H2,1-3H3. The Labute approximate surface area is 198 Å². The molecule has 1 amide bonds. The number of hydrogen-bond donors (Lipinski definition) is 0. The fourth-order valence-electron chi connectivity index (χ4n) is 3.86. The fourth-order valence-corrected chi connectivity index (χ4v) is 4.34. The molecule has 0 saturated carbocycles. The Balaban J connectivity index is 1.61. The Morgan fingerprint density at radius 1 is 1.12 bits per heavy atom. The van der Waals surface area contributed by atoms with Gasteiger partial charge < -0.3 is 14.2 Å². The Morgan fingerprint density at radius 3 is 2.50 bits per heavy atom. The van der Waals surface area contributed by atoms with E-state index in [2.05, 4.69) is 18.7 Å². The quantitative estimate of drug-likeness (QED) is 0.499. The molecule has 3 heterocycles. The monoisotopic (exact) mass is 472 g/mol. The van der Waals surface area contributed by atoms with Gasteiger partial charge in [-0.15, -0.1) is 0 Å². The van der Waals surface area contributed by atoms with Gasteiger partial charge in [-0.3, -0.25) is 4.79 Å². The lowest BCUT2D eigenvalue weighted by atomic mass is 10.0. The summed E-state index contributed by atoms with van der Waals surface area (Å²) in [5, 5.41) is 1.24. The molecule has 1 aromatic carbocycles. The predicted molar refractivity (Wildman–Crippen MR) is 127 cm³/mol. The molecule has 0 radical (unpaired) electrons. The van der Waals surface area contributed by atoms with Crippen LogP contribution in [0.3, 0.4) is 0 Å². The maximum Gasteiger partial charge on any atom is 0.289 e. The molecule has 0 spiro atoms. The number of furan rings is 1. The van der Waals surface area contributed by atoms with Crippen molar-refractivity contribution in [2.45, 2.75) is 33.1 Å². The number of carbonyl (C=O) groups is 1. The summed E-state index contributed by atoms with van der Waals surface area (Å²) in [6.45, 7) is 8.76. The van der Waals surface area contributed by atoms with Gasteiger partial charge in [-0.1, -0.05) is 43.1 Å². The zero-order valence-electron chi connectivity index (χ0n) is 18.4. The van der Waals surface area contributed by atoms with Gasteiger partial charge in [0.05, 0.1) is 6.26 Å². The smallest absolute Gasteiger partial charge is 0.289 e. The highest BCUT2D eigenvalue weighted by molar-refractivity contribution is 6.35. The second-order valence-corrected chi connectivity index (χ2v) is 9.14. The van der Waals surface area contributed by atoms with Crippen LogP contribution in [0.1, 0.15) is 53.0 Å². The Bertz CT molecular complexity index is 1110. The summed E-state index contributed by atoms with van der Waals surface area (Å²) in [6, 6.07) is 8.99. The molecule has 2 aromatic heterocycles. The highest BCUT2D eigenvalue weighted by Gasteiger charge is 2.27. The average molecular weight is 473 g/mol. The zero-order valence-corrected chi connectivity index (χ0v) is 20.0. The molecule has 0 aliphatic carbocycles. The molecule has 3 aromatic rings. The normalized spacial score (nSPS) is 14.3. The summed E-state index contributed by atoms with van der Waals surface area (Å²) in [5.41, 5.74) is 2.97. The molecule has 1 fully saturated rings. The molecule has 1 saturated heterocycles. The number of amides is 1. The number of piperazine rings is 1. The van der Waals surface area contributed by atoms with Gasteiger partial charge in [0.15, 0.2) is 5.76 Å². The fraction of sp³-hybridized carbons (Fsp3) is 0.375. The van der Waals surface area contributed by atoms with Crippen LogP contribution in [-0.2, 0) is 6.42 Å². The lowest BCUT2D eigenvalue weighted by molar-refractivity contribution is 0.0714. The van der Waals surface area contributed by atoms with Crippen LogP contribution in [0.25, 0.3) is 0 Å². The Kier molecular flexibility index (Phi) is 6.72. The van der Waals surface area contributed by atoms with E-state index in [0.717, 1.165) is 28.5 Å². The van der Waals surface area contributed by atoms with Crippen LogP contribution in [0.2, 0.25) is 10.0 Å². The van der Waals surface area contributed by atoms with Crippen LogP contribution in [0, 0.1) is 6.92 Å². The van der Waals surface area contributed by atoms with Gasteiger partial charge in [0.25, 0.3) is 5.91 Å². The second kappa shape index (κ2) is 9.51. The molecule has 168 valence electrons. The number of benzene rings is 1. The first-order valence-electron chi connectivity index (χ1n) is 10.7. The first-order chi connectivity index (χ1) is 15.3. The second-order valence-electron chi connectivity index (χ2n) is 8.29. The van der Waals surface area contributed by atoms with Crippen LogP contribution in [-0.4, -0.2) is 47.0 Å². The minimum atomic E-state index is -0.0791. The SMILES string of the molecule is Cc1nc(C(C)C)nc(N2CCN(C(=O)c3ccco3)CC2)c1Cc1ccc(Cl)cc1Cl. The topological polar surface area (TPSA) is 62.5 Å². The van der Waals surface area contributed by atoms with Crippen molar-refractivity contribution in [2.24, 2.45) is 0 Å². The van der Waals surface area contributed by atoms with E-state index >= 15 is 0 Å². The number of carbonyl (C=O) groups excluding carboxylic acids is 1. The van der Waals surface area contributed by atoms with E-state index in [0.29, 0.717) is 48.4 Å². The molecule has 8 heteroatoms. The van der Waals surface area contributed by atoms with Gasteiger partial charge in [0.1, 0.15) is 11.6 Å². The molecule has 0 bridgehead atoms. The summed E-state index contributed by atoms with van der Waals surface area (Å²) in [7, 11) is 0. The number of hydrogen-bond acceptors (Lipinski definition) is 5. The van der Waals surface area contributed by atoms with Crippen molar-refractivity contribution in [1.82, 2.24) is 14.9 Å². The molecule has 4 rings (SSSR count). The minimum Gasteiger partial charge on any atom is -0.459 e. The third-order valence-corrected chi connectivity index (χ3v) is 6.29. The number of rotatable bonds is 5. The molecule has 1 aliphatic heterocycles. The van der Waals surface area contributed by atoms with E-state index in [1.165, 1.54) is 6.26 Å². The van der Waals surface area contributed by atoms with Gasteiger partial charge in [-0.05, 0) is 36.8 Å². The van der Waals surface area contributed by atoms with Crippen LogP contribution in [0.5, 0.6) is 0 Å². The van der Waals surface area contributed by atoms with E-state index in [1.807, 2.05) is 24.0 Å². The Hall–Kier alpha value is -2.57. The third kappa shape index (κ3) is 4.76. The number of aromatic nitrogens is 2. The molecule has 6 nitrogen and oxygen atoms in total. The highest BCUT2D eigenvalue weighted by Crippen LogP contribution is 2.30. The van der Waals surface area contributed by atoms with Crippen LogP contribution in [0.4, 0.5) is 5.82 Å². The van der Waals surface area contributed by atoms with Crippen molar-refractivity contribution in [3.05, 3.63) is 75.0 Å². The van der Waals surface area contributed by atoms with Gasteiger partial charge in [0, 0.05) is 59.8 Å². The van der Waals surface area contributed by atoms with Gasteiger partial charge in [-0.25, -0.2) is 9.97 Å². The van der Waals surface area contributed by atoms with Crippen LogP contribution < -0.4 is 4.90 Å². The first-order valence-corrected chi connectivity index (χ1v) is 11.5. The molecule has 0 N–H and O–H groups in total. The summed E-state index contributed by atoms with van der Waals surface area (Å²) < 4.78 is 5.28. The average Bonchev–Trinajstić information content (AvgIpc) is 3.31. The van der Waals surface area contributed by atoms with Gasteiger partial charge >= 0.3 is 0 Å². The molecular formula is C24H26Cl2N4O2. The number of anilines is 1. The minimum absolute atomic E-state index is 0.0791. The third-order valence-electron chi connectivity index (χ3n) is 5.71. The maximum atomic E-state index is 12.6. The first kappa shape index (κ1) is 22.6. The van der Waals surface area contributed by atoms with Gasteiger partial charge in [-0.2, -0.15) is 0 Å². The van der Waals surface area contributed by atoms with Crippen molar-refractivity contribution in [3.8, 4) is 0 Å². The summed E-state index contributed by atoms with van der Waals surface area (Å²) in [4.78, 5) is 26.4. The summed E-state index contributed by atoms with van der Waals surface area (Å²) in [5.74, 6) is 2.23. The Morgan fingerprint density at radius 2 is 1.88 bits per heavy atom. The highest BCUT2D eigenvalue weighted by atomic mass is 35.5. The predicted octanol–water partition coefficient (Wildman–Crippen LogP) is 5.36. The van der Waals surface area contributed by atoms with Crippen molar-refractivity contribution in [3.63, 3.8) is 0 Å². The maximum absolute atomic E-state index is 12.6. The van der Waals surface area contributed by atoms with Crippen LogP contribution in [0.15, 0.2) is 41.0 Å². The molecule has 0 unspecified atom stereocenters. The summed E-state index contributed by atoms with van der Waals surface area (Å²) in [6.07, 6.45) is 2.13. The van der Waals surface area contributed by atoms with E-state index in [9.17, 15) is 4.79 Å². The number of nitrogens with zero attached hydrogens (tertiary/aromatic N) is 4. The number of halogens is 2. The summed E-state index contributed by atoms with van der Waals surface area (Å²) >= 11 is 12.5. The molecule has 1 aliphatic rings. The van der Waals surface area contributed by atoms with E-state index in [-0.39, 0.29) is 11.8 Å². The molecule has 0 atom stereocenters. The van der Waals surface area contributed by atoms with Crippen molar-refractivity contribution in [1.29, 1.82) is 0 Å². The largest absolute Gasteiger partial charge is 0.459 e. The molecule has 32 heavy (non-hydrogen) atoms. The van der Waals surface area contributed by atoms with Gasteiger partial charge in [0.2, 0.25) is 0 Å². The van der Waals surface area contributed by atoms with Crippen LogP contribution >= 0.6 is 23.2 Å². The van der Waals surface area contributed by atoms with E-state index in [1.54, 1.807) is 18.2 Å². The van der Waals surface area contributed by atoms with Crippen molar-refractivity contribution < 1.29 is 9.21 Å². The lowest BCUT2D eigenvalue weighted by Gasteiger charge is -2.36. The number of aryl methyl sites for hydroxylation is 1. The van der Waals surface area contributed by atoms with Crippen molar-refractivity contribution >= 4 is 34.9 Å². The molecular weight excluding hydrogens is 447 g/mol. The lowest BCUT2D eigenvalue weighted by Crippen LogP contribution is -2.49. The van der Waals surface area contributed by atoms with Crippen molar-refractivity contribution in [2.75, 3.05) is 31.1 Å². The zero-order chi connectivity index (χ0) is 22.8. The van der Waals surface area contributed by atoms with E-state index < -0.39 is 0 Å². The van der Waals surface area contributed by atoms with E-state index in [4.69, 9.17) is 37.6 Å².